The Labute approximate surface area is 151 Å². The van der Waals surface area contributed by atoms with Crippen molar-refractivity contribution in [2.24, 2.45) is 5.10 Å². The van der Waals surface area contributed by atoms with Crippen LogP contribution in [-0.2, 0) is 4.79 Å². The van der Waals surface area contributed by atoms with Crippen LogP contribution < -0.4 is 10.2 Å². The predicted molar refractivity (Wildman–Crippen MR) is 93.3 cm³/mol. The molecule has 1 unspecified atom stereocenters. The van der Waals surface area contributed by atoms with Crippen LogP contribution in [0.1, 0.15) is 11.8 Å². The van der Waals surface area contributed by atoms with E-state index in [1.54, 1.807) is 12.1 Å². The van der Waals surface area contributed by atoms with Crippen molar-refractivity contribution in [2.75, 3.05) is 0 Å². The molecule has 0 spiro atoms. The van der Waals surface area contributed by atoms with Crippen molar-refractivity contribution in [2.45, 2.75) is 13.0 Å². The molecule has 1 atom stereocenters. The third-order valence-electron chi connectivity index (χ3n) is 2.73. The Hall–Kier alpha value is -2.16. The number of rotatable bonds is 6. The monoisotopic (exact) mass is 387 g/mol. The minimum Gasteiger partial charge on any atom is -0.479 e. The van der Waals surface area contributed by atoms with E-state index in [2.05, 4.69) is 10.5 Å². The lowest BCUT2D eigenvalue weighted by Crippen LogP contribution is -2.33. The van der Waals surface area contributed by atoms with Crippen molar-refractivity contribution >= 4 is 51.7 Å². The van der Waals surface area contributed by atoms with E-state index in [0.717, 1.165) is 11.3 Å². The molecule has 2 aromatic rings. The number of carbonyl (C=O) groups is 1. The number of hydrogen-bond acceptors (Lipinski definition) is 6. The largest absolute Gasteiger partial charge is 0.479 e. The fourth-order valence-electron chi connectivity index (χ4n) is 1.57. The highest BCUT2D eigenvalue weighted by Crippen LogP contribution is 2.28. The molecule has 0 saturated heterocycles. The van der Waals surface area contributed by atoms with E-state index in [9.17, 15) is 14.9 Å². The number of nitrogens with zero attached hydrogens (tertiary/aromatic N) is 2. The summed E-state index contributed by atoms with van der Waals surface area (Å²) in [5.74, 6) is -0.176. The van der Waals surface area contributed by atoms with Gasteiger partial charge in [-0.2, -0.15) is 5.10 Å². The summed E-state index contributed by atoms with van der Waals surface area (Å²) in [5, 5.41) is 15.1. The maximum Gasteiger partial charge on any atom is 0.324 e. The summed E-state index contributed by atoms with van der Waals surface area (Å²) in [6.07, 6.45) is 0.468. The second-order valence-electron chi connectivity index (χ2n) is 4.50. The summed E-state index contributed by atoms with van der Waals surface area (Å²) in [5.41, 5.74) is 2.29. The summed E-state index contributed by atoms with van der Waals surface area (Å²) >= 11 is 12.7. The average Bonchev–Trinajstić information content (AvgIpc) is 2.99. The molecule has 1 heterocycles. The standard InChI is InChI=1S/C14H11Cl2N3O4S/c1-8(23-12-4-2-9(15)6-11(12)16)14(20)18-17-7-10-3-5-13(24-10)19(21)22/h2-8H,1H3,(H,18,20)/b17-7+. The van der Waals surface area contributed by atoms with Gasteiger partial charge in [-0.25, -0.2) is 5.43 Å². The Morgan fingerprint density at radius 2 is 2.17 bits per heavy atom. The number of nitro groups is 1. The fraction of sp³-hybridized carbons (Fsp3) is 0.143. The summed E-state index contributed by atoms with van der Waals surface area (Å²) < 4.78 is 5.44. The van der Waals surface area contributed by atoms with E-state index < -0.39 is 16.9 Å². The number of hydrazone groups is 1. The normalized spacial score (nSPS) is 12.1. The average molecular weight is 388 g/mol. The molecular formula is C14H11Cl2N3O4S. The molecule has 2 rings (SSSR count). The third-order valence-corrected chi connectivity index (χ3v) is 4.23. The number of carbonyl (C=O) groups excluding carboxylic acids is 1. The van der Waals surface area contributed by atoms with Crippen molar-refractivity contribution in [3.05, 3.63) is 55.4 Å². The fourth-order valence-corrected chi connectivity index (χ4v) is 2.72. The topological polar surface area (TPSA) is 93.8 Å². The van der Waals surface area contributed by atoms with Gasteiger partial charge in [-0.1, -0.05) is 34.5 Å². The van der Waals surface area contributed by atoms with Crippen LogP contribution >= 0.6 is 34.5 Å². The molecule has 0 fully saturated rings. The number of benzene rings is 1. The zero-order chi connectivity index (χ0) is 17.7. The van der Waals surface area contributed by atoms with Gasteiger partial charge < -0.3 is 4.74 Å². The molecule has 0 saturated carbocycles. The Balaban J connectivity index is 1.91. The van der Waals surface area contributed by atoms with Gasteiger partial charge >= 0.3 is 5.00 Å². The number of ether oxygens (including phenoxy) is 1. The first-order chi connectivity index (χ1) is 11.4. The van der Waals surface area contributed by atoms with E-state index in [1.807, 2.05) is 0 Å². The molecule has 7 nitrogen and oxygen atoms in total. The smallest absolute Gasteiger partial charge is 0.324 e. The maximum atomic E-state index is 11.9. The van der Waals surface area contributed by atoms with E-state index in [4.69, 9.17) is 27.9 Å². The van der Waals surface area contributed by atoms with Crippen LogP contribution in [0.2, 0.25) is 10.0 Å². The summed E-state index contributed by atoms with van der Waals surface area (Å²) in [6, 6.07) is 7.55. The number of halogens is 2. The van der Waals surface area contributed by atoms with Crippen LogP contribution in [0.15, 0.2) is 35.4 Å². The first kappa shape index (κ1) is 18.2. The minimum atomic E-state index is -0.849. The summed E-state index contributed by atoms with van der Waals surface area (Å²) in [6.45, 7) is 1.53. The molecule has 126 valence electrons. The van der Waals surface area contributed by atoms with Gasteiger partial charge in [0.2, 0.25) is 0 Å². The highest BCUT2D eigenvalue weighted by molar-refractivity contribution is 7.16. The van der Waals surface area contributed by atoms with Gasteiger partial charge in [-0.3, -0.25) is 14.9 Å². The highest BCUT2D eigenvalue weighted by Gasteiger charge is 2.16. The van der Waals surface area contributed by atoms with Crippen LogP contribution in [0.4, 0.5) is 5.00 Å². The lowest BCUT2D eigenvalue weighted by molar-refractivity contribution is -0.380. The van der Waals surface area contributed by atoms with Gasteiger partial charge in [0.05, 0.1) is 21.0 Å². The van der Waals surface area contributed by atoms with Crippen molar-refractivity contribution in [3.8, 4) is 5.75 Å². The molecular weight excluding hydrogens is 377 g/mol. The van der Waals surface area contributed by atoms with Crippen LogP contribution in [-0.4, -0.2) is 23.1 Å². The Bertz CT molecular complexity index is 794. The molecule has 0 aliphatic carbocycles. The Morgan fingerprint density at radius 3 is 2.79 bits per heavy atom. The molecule has 0 aliphatic heterocycles. The molecule has 1 amide bonds. The Morgan fingerprint density at radius 1 is 1.42 bits per heavy atom. The maximum absolute atomic E-state index is 11.9. The van der Waals surface area contributed by atoms with Crippen LogP contribution in [0.5, 0.6) is 5.75 Å². The lowest BCUT2D eigenvalue weighted by atomic mass is 10.3. The summed E-state index contributed by atoms with van der Waals surface area (Å²) in [4.78, 5) is 22.5. The minimum absolute atomic E-state index is 0.00291. The van der Waals surface area contributed by atoms with Gasteiger partial charge in [0, 0.05) is 11.1 Å². The third kappa shape index (κ3) is 4.92. The van der Waals surface area contributed by atoms with Crippen molar-refractivity contribution in [3.63, 3.8) is 0 Å². The quantitative estimate of drug-likeness (QED) is 0.462. The van der Waals surface area contributed by atoms with E-state index in [1.165, 1.54) is 31.3 Å². The number of nitrogens with one attached hydrogen (secondary N) is 1. The van der Waals surface area contributed by atoms with Crippen LogP contribution in [0.25, 0.3) is 0 Å². The number of thiophene rings is 1. The van der Waals surface area contributed by atoms with Gasteiger partial charge in [-0.05, 0) is 31.2 Å². The van der Waals surface area contributed by atoms with Gasteiger partial charge in [-0.15, -0.1) is 0 Å². The molecule has 24 heavy (non-hydrogen) atoms. The molecule has 0 aliphatic rings. The first-order valence-corrected chi connectivity index (χ1v) is 8.13. The van der Waals surface area contributed by atoms with Gasteiger partial charge in [0.15, 0.2) is 6.10 Å². The number of amides is 1. The van der Waals surface area contributed by atoms with Crippen molar-refractivity contribution in [1.29, 1.82) is 0 Å². The SMILES string of the molecule is CC(Oc1ccc(Cl)cc1Cl)C(=O)N/N=C/c1ccc([N+](=O)[O-])s1. The second-order valence-corrected chi connectivity index (χ2v) is 6.44. The van der Waals surface area contributed by atoms with Gasteiger partial charge in [0.25, 0.3) is 5.91 Å². The molecule has 10 heteroatoms. The predicted octanol–water partition coefficient (Wildman–Crippen LogP) is 3.88. The Kier molecular flexibility index (Phi) is 6.13. The lowest BCUT2D eigenvalue weighted by Gasteiger charge is -2.14. The zero-order valence-corrected chi connectivity index (χ0v) is 14.6. The molecule has 0 radical (unpaired) electrons. The van der Waals surface area contributed by atoms with Crippen LogP contribution in [0.3, 0.4) is 0 Å². The van der Waals surface area contributed by atoms with Crippen molar-refractivity contribution in [1.82, 2.24) is 5.43 Å². The number of hydrogen-bond donors (Lipinski definition) is 1. The molecule has 0 bridgehead atoms. The zero-order valence-electron chi connectivity index (χ0n) is 12.2. The highest BCUT2D eigenvalue weighted by atomic mass is 35.5. The molecule has 1 aromatic heterocycles. The van der Waals surface area contributed by atoms with Crippen LogP contribution in [0, 0.1) is 10.1 Å². The van der Waals surface area contributed by atoms with E-state index in [-0.39, 0.29) is 10.0 Å². The summed E-state index contributed by atoms with van der Waals surface area (Å²) in [7, 11) is 0. The van der Waals surface area contributed by atoms with Crippen molar-refractivity contribution < 1.29 is 14.5 Å². The second kappa shape index (κ2) is 8.09. The van der Waals surface area contributed by atoms with E-state index >= 15 is 0 Å². The molecule has 1 N–H and O–H groups in total. The van der Waals surface area contributed by atoms with E-state index in [0.29, 0.717) is 15.6 Å². The first-order valence-electron chi connectivity index (χ1n) is 6.55. The molecule has 1 aromatic carbocycles. The van der Waals surface area contributed by atoms with Gasteiger partial charge in [0.1, 0.15) is 5.75 Å².